The lowest BCUT2D eigenvalue weighted by Crippen LogP contribution is -2.27. The van der Waals surface area contributed by atoms with Gasteiger partial charge in [0.05, 0.1) is 4.90 Å². The number of nitrogens with zero attached hydrogens (tertiary/aromatic N) is 1. The van der Waals surface area contributed by atoms with E-state index in [1.165, 1.54) is 4.31 Å². The fourth-order valence-electron chi connectivity index (χ4n) is 1.29. The Balaban J connectivity index is 2.89. The third-order valence-electron chi connectivity index (χ3n) is 2.35. The van der Waals surface area contributed by atoms with E-state index < -0.39 is 10.0 Å². The Labute approximate surface area is 106 Å². The summed E-state index contributed by atoms with van der Waals surface area (Å²) in [6, 6.07) is 6.70. The van der Waals surface area contributed by atoms with E-state index in [-0.39, 0.29) is 0 Å². The molecule has 0 bridgehead atoms. The van der Waals surface area contributed by atoms with Gasteiger partial charge in [-0.25, -0.2) is 12.7 Å². The monoisotopic (exact) mass is 305 g/mol. The van der Waals surface area contributed by atoms with Crippen LogP contribution in [0.4, 0.5) is 0 Å². The maximum atomic E-state index is 12.1. The Hall–Kier alpha value is -0.390. The lowest BCUT2D eigenvalue weighted by molar-refractivity contribution is 0.459. The quantitative estimate of drug-likeness (QED) is 0.839. The fourth-order valence-corrected chi connectivity index (χ4v) is 2.76. The van der Waals surface area contributed by atoms with Gasteiger partial charge in [-0.2, -0.15) is 0 Å². The zero-order chi connectivity index (χ0) is 12.2. The lowest BCUT2D eigenvalue weighted by Gasteiger charge is -2.16. The number of halogens is 1. The molecule has 0 N–H and O–H groups in total. The topological polar surface area (TPSA) is 37.4 Å². The van der Waals surface area contributed by atoms with Gasteiger partial charge in [-0.15, -0.1) is 0 Å². The molecule has 0 fully saturated rings. The van der Waals surface area contributed by atoms with Gasteiger partial charge < -0.3 is 0 Å². The van der Waals surface area contributed by atoms with Crippen LogP contribution in [-0.2, 0) is 10.0 Å². The zero-order valence-electron chi connectivity index (χ0n) is 9.48. The van der Waals surface area contributed by atoms with Gasteiger partial charge in [0, 0.05) is 18.1 Å². The zero-order valence-corrected chi connectivity index (χ0v) is 11.9. The van der Waals surface area contributed by atoms with Crippen molar-refractivity contribution in [3.8, 4) is 0 Å². The number of hydrogen-bond acceptors (Lipinski definition) is 2. The number of sulfonamides is 1. The molecule has 0 atom stereocenters. The summed E-state index contributed by atoms with van der Waals surface area (Å²) in [5, 5.41) is 0. The van der Waals surface area contributed by atoms with Gasteiger partial charge in [0.2, 0.25) is 10.0 Å². The van der Waals surface area contributed by atoms with E-state index >= 15 is 0 Å². The summed E-state index contributed by atoms with van der Waals surface area (Å²) < 4.78 is 26.4. The average Bonchev–Trinajstić information content (AvgIpc) is 2.26. The Morgan fingerprint density at radius 2 is 1.81 bits per heavy atom. The van der Waals surface area contributed by atoms with Crippen LogP contribution in [0.15, 0.2) is 33.6 Å². The van der Waals surface area contributed by atoms with Crippen LogP contribution in [0.3, 0.4) is 0 Å². The van der Waals surface area contributed by atoms with Gasteiger partial charge in [0.25, 0.3) is 0 Å². The molecular weight excluding hydrogens is 290 g/mol. The molecule has 0 saturated heterocycles. The average molecular weight is 306 g/mol. The first-order valence-electron chi connectivity index (χ1n) is 5.20. The van der Waals surface area contributed by atoms with Crippen molar-refractivity contribution >= 4 is 26.0 Å². The van der Waals surface area contributed by atoms with Gasteiger partial charge in [-0.1, -0.05) is 29.3 Å². The lowest BCUT2D eigenvalue weighted by atomic mass is 10.3. The predicted octanol–water partition coefficient (Wildman–Crippen LogP) is 2.87. The maximum Gasteiger partial charge on any atom is 0.242 e. The number of hydrogen-bond donors (Lipinski definition) is 0. The molecule has 0 spiro atoms. The van der Waals surface area contributed by atoms with Gasteiger partial charge in [-0.05, 0) is 30.7 Å². The maximum absolute atomic E-state index is 12.1. The highest BCUT2D eigenvalue weighted by atomic mass is 79.9. The standard InChI is InChI=1S/C11H16BrNO2S/c1-3-4-9-13(2)16(14,15)11-7-5-10(12)6-8-11/h5-8H,3-4,9H2,1-2H3. The smallest absolute Gasteiger partial charge is 0.207 e. The van der Waals surface area contributed by atoms with Gasteiger partial charge in [0.1, 0.15) is 0 Å². The normalized spacial score (nSPS) is 12.0. The van der Waals surface area contributed by atoms with Crippen LogP contribution in [-0.4, -0.2) is 26.3 Å². The highest BCUT2D eigenvalue weighted by molar-refractivity contribution is 9.10. The Bertz CT molecular complexity index is 428. The van der Waals surface area contributed by atoms with Crippen LogP contribution in [0.2, 0.25) is 0 Å². The minimum atomic E-state index is -3.32. The largest absolute Gasteiger partial charge is 0.242 e. The molecule has 0 radical (unpaired) electrons. The van der Waals surface area contributed by atoms with E-state index in [0.717, 1.165) is 17.3 Å². The summed E-state index contributed by atoms with van der Waals surface area (Å²) in [5.41, 5.74) is 0. The van der Waals surface area contributed by atoms with Gasteiger partial charge >= 0.3 is 0 Å². The van der Waals surface area contributed by atoms with Crippen LogP contribution in [0.5, 0.6) is 0 Å². The van der Waals surface area contributed by atoms with Crippen molar-refractivity contribution in [2.75, 3.05) is 13.6 Å². The third-order valence-corrected chi connectivity index (χ3v) is 4.75. The minimum absolute atomic E-state index is 0.342. The molecule has 1 aromatic carbocycles. The summed E-state index contributed by atoms with van der Waals surface area (Å²) in [4.78, 5) is 0.342. The second-order valence-electron chi connectivity index (χ2n) is 3.63. The molecule has 5 heteroatoms. The van der Waals surface area contributed by atoms with E-state index in [4.69, 9.17) is 0 Å². The van der Waals surface area contributed by atoms with E-state index in [2.05, 4.69) is 15.9 Å². The summed E-state index contributed by atoms with van der Waals surface area (Å²) in [6.07, 6.45) is 1.87. The molecular formula is C11H16BrNO2S. The highest BCUT2D eigenvalue weighted by Gasteiger charge is 2.19. The van der Waals surface area contributed by atoms with Crippen molar-refractivity contribution in [1.82, 2.24) is 4.31 Å². The molecule has 0 heterocycles. The van der Waals surface area contributed by atoms with E-state index in [1.807, 2.05) is 6.92 Å². The summed E-state index contributed by atoms with van der Waals surface area (Å²) in [6.45, 7) is 2.61. The SMILES string of the molecule is CCCCN(C)S(=O)(=O)c1ccc(Br)cc1. The number of benzene rings is 1. The fraction of sp³-hybridized carbons (Fsp3) is 0.455. The van der Waals surface area contributed by atoms with Crippen LogP contribution < -0.4 is 0 Å². The first-order chi connectivity index (χ1) is 7.48. The number of unbranched alkanes of at least 4 members (excludes halogenated alkanes) is 1. The van der Waals surface area contributed by atoms with Crippen LogP contribution in [0.25, 0.3) is 0 Å². The molecule has 0 amide bonds. The van der Waals surface area contributed by atoms with E-state index in [0.29, 0.717) is 11.4 Å². The minimum Gasteiger partial charge on any atom is -0.207 e. The molecule has 1 aromatic rings. The number of rotatable bonds is 5. The Morgan fingerprint density at radius 3 is 2.31 bits per heavy atom. The first kappa shape index (κ1) is 13.7. The van der Waals surface area contributed by atoms with Crippen molar-refractivity contribution in [2.45, 2.75) is 24.7 Å². The summed E-state index contributed by atoms with van der Waals surface area (Å²) in [7, 11) is -1.70. The molecule has 3 nitrogen and oxygen atoms in total. The van der Waals surface area contributed by atoms with Crippen LogP contribution in [0.1, 0.15) is 19.8 Å². The molecule has 0 saturated carbocycles. The molecule has 16 heavy (non-hydrogen) atoms. The van der Waals surface area contributed by atoms with Crippen molar-refractivity contribution < 1.29 is 8.42 Å². The van der Waals surface area contributed by atoms with Gasteiger partial charge in [-0.3, -0.25) is 0 Å². The van der Waals surface area contributed by atoms with Gasteiger partial charge in [0.15, 0.2) is 0 Å². The molecule has 0 aromatic heterocycles. The molecule has 0 unspecified atom stereocenters. The Kier molecular flexibility index (Phi) is 4.95. The second kappa shape index (κ2) is 5.80. The highest BCUT2D eigenvalue weighted by Crippen LogP contribution is 2.17. The second-order valence-corrected chi connectivity index (χ2v) is 6.59. The summed E-state index contributed by atoms with van der Waals surface area (Å²) in [5.74, 6) is 0. The molecule has 0 aliphatic heterocycles. The van der Waals surface area contributed by atoms with Crippen molar-refractivity contribution in [3.63, 3.8) is 0 Å². The predicted molar refractivity (Wildman–Crippen MR) is 68.9 cm³/mol. The van der Waals surface area contributed by atoms with Crippen LogP contribution >= 0.6 is 15.9 Å². The Morgan fingerprint density at radius 1 is 1.25 bits per heavy atom. The van der Waals surface area contributed by atoms with Crippen molar-refractivity contribution in [1.29, 1.82) is 0 Å². The van der Waals surface area contributed by atoms with Crippen LogP contribution in [0, 0.1) is 0 Å². The summed E-state index contributed by atoms with van der Waals surface area (Å²) >= 11 is 3.28. The van der Waals surface area contributed by atoms with E-state index in [1.54, 1.807) is 31.3 Å². The molecule has 0 aliphatic carbocycles. The molecule has 90 valence electrons. The molecule has 1 rings (SSSR count). The van der Waals surface area contributed by atoms with Crippen molar-refractivity contribution in [3.05, 3.63) is 28.7 Å². The first-order valence-corrected chi connectivity index (χ1v) is 7.43. The molecule has 0 aliphatic rings. The third kappa shape index (κ3) is 3.30. The van der Waals surface area contributed by atoms with Crippen molar-refractivity contribution in [2.24, 2.45) is 0 Å². The van der Waals surface area contributed by atoms with E-state index in [9.17, 15) is 8.42 Å².